The summed E-state index contributed by atoms with van der Waals surface area (Å²) < 4.78 is 5.17. The van der Waals surface area contributed by atoms with Crippen LogP contribution in [0.1, 0.15) is 34.6 Å². The third kappa shape index (κ3) is 4.90. The first-order valence-electron chi connectivity index (χ1n) is 6.74. The molecule has 0 N–H and O–H groups in total. The van der Waals surface area contributed by atoms with Crippen LogP contribution in [0.4, 0.5) is 0 Å². The summed E-state index contributed by atoms with van der Waals surface area (Å²) in [6.07, 6.45) is 0. The van der Waals surface area contributed by atoms with Crippen LogP contribution in [0, 0.1) is 11.3 Å². The first-order valence-corrected chi connectivity index (χ1v) is 7.62. The third-order valence-electron chi connectivity index (χ3n) is 2.97. The lowest BCUT2D eigenvalue weighted by molar-refractivity contribution is -0.148. The van der Waals surface area contributed by atoms with Crippen molar-refractivity contribution >= 4 is 17.7 Å². The van der Waals surface area contributed by atoms with Crippen LogP contribution in [0.5, 0.6) is 0 Å². The summed E-state index contributed by atoms with van der Waals surface area (Å²) in [5.41, 5.74) is 0.0344. The highest BCUT2D eigenvalue weighted by Crippen LogP contribution is 2.40. The largest absolute Gasteiger partial charge is 0.466 e. The van der Waals surface area contributed by atoms with Crippen molar-refractivity contribution in [3.63, 3.8) is 0 Å². The summed E-state index contributed by atoms with van der Waals surface area (Å²) in [6.45, 7) is 10.8. The first kappa shape index (κ1) is 16.1. The van der Waals surface area contributed by atoms with Crippen LogP contribution in [0.3, 0.4) is 0 Å². The number of thioether (sulfide) groups is 1. The smallest absolute Gasteiger partial charge is 0.309 e. The summed E-state index contributed by atoms with van der Waals surface area (Å²) in [5.74, 6) is -0.226. The Kier molecular flexibility index (Phi) is 5.92. The molecule has 0 fully saturated rings. The second-order valence-corrected chi connectivity index (χ2v) is 6.97. The molecule has 0 saturated carbocycles. The summed E-state index contributed by atoms with van der Waals surface area (Å²) >= 11 is 1.76. The second kappa shape index (κ2) is 6.99. The number of carbonyl (C=O) groups is 1. The van der Waals surface area contributed by atoms with Gasteiger partial charge in [-0.05, 0) is 24.5 Å². The minimum absolute atomic E-state index is 0.0344. The minimum Gasteiger partial charge on any atom is -0.466 e. The fraction of sp³-hybridized carbons (Fsp3) is 0.562. The van der Waals surface area contributed by atoms with Crippen molar-refractivity contribution in [3.8, 4) is 0 Å². The van der Waals surface area contributed by atoms with Gasteiger partial charge in [0, 0.05) is 10.1 Å². The van der Waals surface area contributed by atoms with Gasteiger partial charge in [-0.25, -0.2) is 0 Å². The zero-order valence-electron chi connectivity index (χ0n) is 12.5. The van der Waals surface area contributed by atoms with Gasteiger partial charge in [0.25, 0.3) is 0 Å². The molecule has 0 heterocycles. The Morgan fingerprint density at radius 1 is 1.26 bits per heavy atom. The standard InChI is InChI=1S/C16H24O2S/c1-6-18-15(17)12(2)14(16(3,4)5)19-13-10-8-7-9-11-13/h7-12,14H,6H2,1-5H3/t12-,14+/m1/s1. The maximum absolute atomic E-state index is 12.0. The van der Waals surface area contributed by atoms with Crippen molar-refractivity contribution in [1.82, 2.24) is 0 Å². The normalized spacial score (nSPS) is 14.8. The Labute approximate surface area is 120 Å². The predicted octanol–water partition coefficient (Wildman–Crippen LogP) is 4.39. The van der Waals surface area contributed by atoms with Crippen molar-refractivity contribution in [3.05, 3.63) is 30.3 Å². The van der Waals surface area contributed by atoms with Crippen LogP contribution in [0.15, 0.2) is 35.2 Å². The summed E-state index contributed by atoms with van der Waals surface area (Å²) in [6, 6.07) is 10.2. The molecule has 0 aliphatic carbocycles. The summed E-state index contributed by atoms with van der Waals surface area (Å²) in [4.78, 5) is 13.2. The maximum Gasteiger partial charge on any atom is 0.309 e. The van der Waals surface area contributed by atoms with Gasteiger partial charge in [-0.3, -0.25) is 4.79 Å². The number of ether oxygens (including phenoxy) is 1. The third-order valence-corrected chi connectivity index (χ3v) is 4.89. The lowest BCUT2D eigenvalue weighted by atomic mass is 9.84. The van der Waals surface area contributed by atoms with Crippen molar-refractivity contribution in [2.75, 3.05) is 6.61 Å². The summed E-state index contributed by atoms with van der Waals surface area (Å²) in [7, 11) is 0. The molecular weight excluding hydrogens is 256 g/mol. The molecule has 1 rings (SSSR count). The average Bonchev–Trinajstić information content (AvgIpc) is 2.35. The number of hydrogen-bond acceptors (Lipinski definition) is 3. The Balaban J connectivity index is 2.87. The van der Waals surface area contributed by atoms with Gasteiger partial charge in [0.2, 0.25) is 0 Å². The van der Waals surface area contributed by atoms with Gasteiger partial charge < -0.3 is 4.74 Å². The molecule has 0 aliphatic heterocycles. The van der Waals surface area contributed by atoms with Crippen molar-refractivity contribution in [1.29, 1.82) is 0 Å². The van der Waals surface area contributed by atoms with E-state index < -0.39 is 0 Å². The predicted molar refractivity (Wildman–Crippen MR) is 81.3 cm³/mol. The molecule has 0 saturated heterocycles. The molecular formula is C16H24O2S. The van der Waals surface area contributed by atoms with Crippen molar-refractivity contribution in [2.24, 2.45) is 11.3 Å². The monoisotopic (exact) mass is 280 g/mol. The average molecular weight is 280 g/mol. The molecule has 2 atom stereocenters. The lowest BCUT2D eigenvalue weighted by Crippen LogP contribution is -2.35. The van der Waals surface area contributed by atoms with Crippen molar-refractivity contribution in [2.45, 2.75) is 44.8 Å². The van der Waals surface area contributed by atoms with E-state index in [0.29, 0.717) is 6.61 Å². The molecule has 2 nitrogen and oxygen atoms in total. The highest BCUT2D eigenvalue weighted by molar-refractivity contribution is 8.00. The molecule has 0 unspecified atom stereocenters. The van der Waals surface area contributed by atoms with E-state index in [1.165, 1.54) is 4.90 Å². The van der Waals surface area contributed by atoms with Crippen LogP contribution < -0.4 is 0 Å². The molecule has 19 heavy (non-hydrogen) atoms. The Morgan fingerprint density at radius 3 is 2.32 bits per heavy atom. The number of benzene rings is 1. The minimum atomic E-state index is -0.120. The zero-order valence-corrected chi connectivity index (χ0v) is 13.3. The lowest BCUT2D eigenvalue weighted by Gasteiger charge is -2.33. The molecule has 0 aliphatic rings. The van der Waals surface area contributed by atoms with E-state index >= 15 is 0 Å². The Bertz CT molecular complexity index is 395. The van der Waals surface area contributed by atoms with E-state index in [0.717, 1.165) is 0 Å². The number of rotatable bonds is 5. The van der Waals surface area contributed by atoms with E-state index in [2.05, 4.69) is 32.9 Å². The molecule has 0 bridgehead atoms. The van der Waals surface area contributed by atoms with E-state index in [1.54, 1.807) is 11.8 Å². The molecule has 0 aromatic heterocycles. The summed E-state index contributed by atoms with van der Waals surface area (Å²) in [5, 5.41) is 0.189. The number of hydrogen-bond donors (Lipinski definition) is 0. The molecule has 3 heteroatoms. The molecule has 0 radical (unpaired) electrons. The first-order chi connectivity index (χ1) is 8.86. The van der Waals surface area contributed by atoms with Crippen LogP contribution in [0.2, 0.25) is 0 Å². The second-order valence-electron chi connectivity index (χ2n) is 5.76. The van der Waals surface area contributed by atoms with Crippen LogP contribution in [-0.2, 0) is 9.53 Å². The van der Waals surface area contributed by atoms with Gasteiger partial charge in [-0.1, -0.05) is 45.9 Å². The highest BCUT2D eigenvalue weighted by atomic mass is 32.2. The van der Waals surface area contributed by atoms with Gasteiger partial charge in [-0.2, -0.15) is 0 Å². The molecule has 0 spiro atoms. The Morgan fingerprint density at radius 2 is 1.84 bits per heavy atom. The van der Waals surface area contributed by atoms with Gasteiger partial charge in [-0.15, -0.1) is 11.8 Å². The van der Waals surface area contributed by atoms with E-state index in [1.807, 2.05) is 32.0 Å². The quantitative estimate of drug-likeness (QED) is 0.591. The van der Waals surface area contributed by atoms with Gasteiger partial charge >= 0.3 is 5.97 Å². The molecule has 0 amide bonds. The zero-order chi connectivity index (χ0) is 14.5. The van der Waals surface area contributed by atoms with Crippen molar-refractivity contribution < 1.29 is 9.53 Å². The molecule has 106 valence electrons. The fourth-order valence-corrected chi connectivity index (χ4v) is 3.35. The SMILES string of the molecule is CCOC(=O)[C@H](C)[C@H](Sc1ccccc1)C(C)(C)C. The van der Waals surface area contributed by atoms with E-state index in [-0.39, 0.29) is 22.6 Å². The molecule has 1 aromatic carbocycles. The fourth-order valence-electron chi connectivity index (χ4n) is 2.07. The van der Waals surface area contributed by atoms with Gasteiger partial charge in [0.15, 0.2) is 0 Å². The number of esters is 1. The van der Waals surface area contributed by atoms with E-state index in [4.69, 9.17) is 4.74 Å². The van der Waals surface area contributed by atoms with Crippen LogP contribution in [-0.4, -0.2) is 17.8 Å². The van der Waals surface area contributed by atoms with Gasteiger partial charge in [0.05, 0.1) is 12.5 Å². The van der Waals surface area contributed by atoms with Crippen LogP contribution in [0.25, 0.3) is 0 Å². The van der Waals surface area contributed by atoms with Gasteiger partial charge in [0.1, 0.15) is 0 Å². The highest BCUT2D eigenvalue weighted by Gasteiger charge is 2.35. The Hall–Kier alpha value is -0.960. The van der Waals surface area contributed by atoms with Crippen LogP contribution >= 0.6 is 11.8 Å². The number of carbonyl (C=O) groups excluding carboxylic acids is 1. The maximum atomic E-state index is 12.0. The molecule has 1 aromatic rings. The topological polar surface area (TPSA) is 26.3 Å². The van der Waals surface area contributed by atoms with E-state index in [9.17, 15) is 4.79 Å².